The van der Waals surface area contributed by atoms with Crippen molar-refractivity contribution >= 4 is 11.9 Å². The molecule has 0 spiro atoms. The topological polar surface area (TPSA) is 77.8 Å². The lowest BCUT2D eigenvalue weighted by molar-refractivity contribution is -0.151. The number of aliphatic hydroxyl groups is 1. The molecular weight excluding hydrogens is 210 g/mol. The fourth-order valence-electron chi connectivity index (χ4n) is 1.91. The lowest BCUT2D eigenvalue weighted by atomic mass is 9.89. The molecule has 0 aromatic rings. The van der Waals surface area contributed by atoms with Gasteiger partial charge < -0.3 is 15.1 Å². The van der Waals surface area contributed by atoms with Crippen LogP contribution in [0.5, 0.6) is 0 Å². The first-order valence-electron chi connectivity index (χ1n) is 5.52. The van der Waals surface area contributed by atoms with E-state index in [2.05, 4.69) is 0 Å². The Kier molecular flexibility index (Phi) is 3.91. The van der Waals surface area contributed by atoms with Gasteiger partial charge in [0.2, 0.25) is 5.91 Å². The molecule has 0 unspecified atom stereocenters. The van der Waals surface area contributed by atoms with Gasteiger partial charge in [-0.05, 0) is 26.7 Å². The smallest absolute Gasteiger partial charge is 0.309 e. The molecule has 1 rings (SSSR count). The van der Waals surface area contributed by atoms with Crippen molar-refractivity contribution in [2.45, 2.75) is 39.2 Å². The van der Waals surface area contributed by atoms with Crippen molar-refractivity contribution in [3.05, 3.63) is 0 Å². The normalized spacial score (nSPS) is 21.2. The average molecular weight is 229 g/mol. The van der Waals surface area contributed by atoms with Crippen molar-refractivity contribution in [3.8, 4) is 0 Å². The maximum absolute atomic E-state index is 11.9. The molecule has 0 radical (unpaired) electrons. The Morgan fingerprint density at radius 1 is 1.44 bits per heavy atom. The summed E-state index contributed by atoms with van der Waals surface area (Å²) in [7, 11) is 0. The second kappa shape index (κ2) is 4.82. The molecule has 0 aromatic carbocycles. The highest BCUT2D eigenvalue weighted by molar-refractivity contribution is 5.84. The van der Waals surface area contributed by atoms with Crippen LogP contribution in [0.1, 0.15) is 33.1 Å². The van der Waals surface area contributed by atoms with Crippen LogP contribution in [0.4, 0.5) is 0 Å². The summed E-state index contributed by atoms with van der Waals surface area (Å²) >= 11 is 0. The first kappa shape index (κ1) is 13.0. The lowest BCUT2D eigenvalue weighted by Gasteiger charge is -2.27. The molecule has 0 saturated carbocycles. The van der Waals surface area contributed by atoms with Crippen molar-refractivity contribution in [1.82, 2.24) is 4.90 Å². The molecule has 16 heavy (non-hydrogen) atoms. The molecule has 1 heterocycles. The van der Waals surface area contributed by atoms with E-state index in [0.717, 1.165) is 12.8 Å². The minimum absolute atomic E-state index is 0.0150. The largest absolute Gasteiger partial charge is 0.481 e. The quantitative estimate of drug-likeness (QED) is 0.734. The van der Waals surface area contributed by atoms with Gasteiger partial charge >= 0.3 is 5.97 Å². The maximum atomic E-state index is 11.9. The second-order valence-electron chi connectivity index (χ2n) is 4.93. The Balaban J connectivity index is 2.62. The Hall–Kier alpha value is -1.10. The van der Waals surface area contributed by atoms with Crippen LogP contribution in [-0.4, -0.2) is 46.2 Å². The number of carbonyl (C=O) groups excluding carboxylic acids is 1. The summed E-state index contributed by atoms with van der Waals surface area (Å²) in [5.74, 6) is -1.15. The molecule has 0 bridgehead atoms. The molecule has 1 fully saturated rings. The first-order valence-corrected chi connectivity index (χ1v) is 5.52. The zero-order valence-corrected chi connectivity index (χ0v) is 9.77. The summed E-state index contributed by atoms with van der Waals surface area (Å²) in [6, 6.07) is -0.128. The highest BCUT2D eigenvalue weighted by Gasteiger charge is 2.35. The van der Waals surface area contributed by atoms with Gasteiger partial charge in [0.15, 0.2) is 0 Å². The van der Waals surface area contributed by atoms with Gasteiger partial charge in [-0.15, -0.1) is 0 Å². The Morgan fingerprint density at radius 3 is 2.56 bits per heavy atom. The molecule has 1 amide bonds. The van der Waals surface area contributed by atoms with Gasteiger partial charge in [-0.3, -0.25) is 9.59 Å². The van der Waals surface area contributed by atoms with Gasteiger partial charge in [-0.25, -0.2) is 0 Å². The molecule has 1 aliphatic heterocycles. The van der Waals surface area contributed by atoms with E-state index in [0.29, 0.717) is 6.54 Å². The van der Waals surface area contributed by atoms with Gasteiger partial charge in [-0.2, -0.15) is 0 Å². The van der Waals surface area contributed by atoms with Crippen LogP contribution >= 0.6 is 0 Å². The van der Waals surface area contributed by atoms with Crippen molar-refractivity contribution in [3.63, 3.8) is 0 Å². The molecule has 0 aliphatic carbocycles. The number of nitrogens with zero attached hydrogens (tertiary/aromatic N) is 1. The summed E-state index contributed by atoms with van der Waals surface area (Å²) in [6.45, 7) is 3.66. The van der Waals surface area contributed by atoms with E-state index in [1.54, 1.807) is 4.90 Å². The fourth-order valence-corrected chi connectivity index (χ4v) is 1.91. The molecule has 1 saturated heterocycles. The summed E-state index contributed by atoms with van der Waals surface area (Å²) in [6.07, 6.45) is 1.67. The van der Waals surface area contributed by atoms with Gasteiger partial charge in [0.1, 0.15) is 0 Å². The van der Waals surface area contributed by atoms with Crippen LogP contribution in [0, 0.1) is 5.41 Å². The van der Waals surface area contributed by atoms with Crippen molar-refractivity contribution < 1.29 is 19.8 Å². The SMILES string of the molecule is CC(C)(CC(=O)N1CCC[C@H]1CO)C(=O)O. The zero-order valence-electron chi connectivity index (χ0n) is 9.77. The number of aliphatic hydroxyl groups excluding tert-OH is 1. The lowest BCUT2D eigenvalue weighted by Crippen LogP contribution is -2.41. The van der Waals surface area contributed by atoms with Crippen LogP contribution < -0.4 is 0 Å². The molecule has 1 atom stereocenters. The van der Waals surface area contributed by atoms with Gasteiger partial charge in [-0.1, -0.05) is 0 Å². The number of carboxylic acids is 1. The van der Waals surface area contributed by atoms with E-state index in [1.807, 2.05) is 0 Å². The minimum Gasteiger partial charge on any atom is -0.481 e. The third-order valence-corrected chi connectivity index (χ3v) is 3.08. The van der Waals surface area contributed by atoms with Gasteiger partial charge in [0.25, 0.3) is 0 Å². The van der Waals surface area contributed by atoms with Crippen molar-refractivity contribution in [1.29, 1.82) is 0 Å². The van der Waals surface area contributed by atoms with Crippen LogP contribution in [0.3, 0.4) is 0 Å². The molecule has 5 heteroatoms. The number of aliphatic carboxylic acids is 1. The molecular formula is C11H19NO4. The summed E-state index contributed by atoms with van der Waals surface area (Å²) < 4.78 is 0. The van der Waals surface area contributed by atoms with E-state index in [-0.39, 0.29) is 25.0 Å². The average Bonchev–Trinajstić information content (AvgIpc) is 2.64. The molecule has 2 N–H and O–H groups in total. The number of carboxylic acid groups (broad SMARTS) is 1. The number of carbonyl (C=O) groups is 2. The van der Waals surface area contributed by atoms with Gasteiger partial charge in [0.05, 0.1) is 18.1 Å². The third-order valence-electron chi connectivity index (χ3n) is 3.08. The van der Waals surface area contributed by atoms with E-state index < -0.39 is 11.4 Å². The second-order valence-corrected chi connectivity index (χ2v) is 4.93. The summed E-state index contributed by atoms with van der Waals surface area (Å²) in [5.41, 5.74) is -1.04. The van der Waals surface area contributed by atoms with E-state index in [9.17, 15) is 9.59 Å². The number of hydrogen-bond donors (Lipinski definition) is 2. The summed E-state index contributed by atoms with van der Waals surface area (Å²) in [4.78, 5) is 24.4. The Labute approximate surface area is 95.1 Å². The zero-order chi connectivity index (χ0) is 12.3. The fraction of sp³-hybridized carbons (Fsp3) is 0.818. The number of likely N-dealkylation sites (tertiary alicyclic amines) is 1. The number of hydrogen-bond acceptors (Lipinski definition) is 3. The van der Waals surface area contributed by atoms with E-state index >= 15 is 0 Å². The van der Waals surface area contributed by atoms with Crippen LogP contribution in [0.25, 0.3) is 0 Å². The van der Waals surface area contributed by atoms with E-state index in [4.69, 9.17) is 10.2 Å². The monoisotopic (exact) mass is 229 g/mol. The standard InChI is InChI=1S/C11H19NO4/c1-11(2,10(15)16)6-9(14)12-5-3-4-8(12)7-13/h8,13H,3-7H2,1-2H3,(H,15,16)/t8-/m0/s1. The molecule has 5 nitrogen and oxygen atoms in total. The highest BCUT2D eigenvalue weighted by Crippen LogP contribution is 2.25. The predicted molar refractivity (Wildman–Crippen MR) is 57.9 cm³/mol. The molecule has 0 aromatic heterocycles. The highest BCUT2D eigenvalue weighted by atomic mass is 16.4. The minimum atomic E-state index is -1.04. The van der Waals surface area contributed by atoms with Crippen molar-refractivity contribution in [2.75, 3.05) is 13.2 Å². The Bertz CT molecular complexity index is 288. The maximum Gasteiger partial charge on any atom is 0.309 e. The first-order chi connectivity index (χ1) is 7.38. The van der Waals surface area contributed by atoms with E-state index in [1.165, 1.54) is 13.8 Å². The predicted octanol–water partition coefficient (Wildman–Crippen LogP) is 0.471. The molecule has 1 aliphatic rings. The van der Waals surface area contributed by atoms with Crippen LogP contribution in [-0.2, 0) is 9.59 Å². The summed E-state index contributed by atoms with van der Waals surface area (Å²) in [5, 5.41) is 18.0. The Morgan fingerprint density at radius 2 is 2.06 bits per heavy atom. The number of amides is 1. The van der Waals surface area contributed by atoms with Gasteiger partial charge in [0, 0.05) is 13.0 Å². The third kappa shape index (κ3) is 2.72. The number of rotatable bonds is 4. The molecule has 92 valence electrons. The van der Waals surface area contributed by atoms with Crippen LogP contribution in [0.2, 0.25) is 0 Å². The van der Waals surface area contributed by atoms with Crippen LogP contribution in [0.15, 0.2) is 0 Å². The van der Waals surface area contributed by atoms with Crippen molar-refractivity contribution in [2.24, 2.45) is 5.41 Å².